The fourth-order valence-corrected chi connectivity index (χ4v) is 2.98. The molecule has 1 heterocycles. The van der Waals surface area contributed by atoms with Crippen molar-refractivity contribution in [2.45, 2.75) is 17.7 Å². The molecule has 0 bridgehead atoms. The molecule has 4 nitrogen and oxygen atoms in total. The first-order chi connectivity index (χ1) is 10.2. The predicted molar refractivity (Wildman–Crippen MR) is 98.4 cm³/mol. The second kappa shape index (κ2) is 9.84. The van der Waals surface area contributed by atoms with Crippen LogP contribution in [0.4, 0.5) is 5.13 Å². The van der Waals surface area contributed by atoms with Crippen LogP contribution in [0.5, 0.6) is 0 Å². The third kappa shape index (κ3) is 5.61. The van der Waals surface area contributed by atoms with Crippen LogP contribution >= 0.6 is 35.5 Å². The number of thiazole rings is 1. The molecular formula is C15H20ClN3OS2. The number of nitrogens with one attached hydrogen (secondary N) is 2. The summed E-state index contributed by atoms with van der Waals surface area (Å²) in [6.07, 6.45) is 3.40. The van der Waals surface area contributed by atoms with Gasteiger partial charge in [-0.25, -0.2) is 4.98 Å². The standard InChI is InChI=1S/C15H19N3OS2.ClH/c1-16-9-3-4-14(19)18-15-17-13(10-21-15)11-5-7-12(20-2)8-6-11;/h5-8,10,16H,3-4,9H2,1-2H3,(H,17,18,19);1H. The van der Waals surface area contributed by atoms with E-state index in [1.807, 2.05) is 12.4 Å². The van der Waals surface area contributed by atoms with Gasteiger partial charge in [-0.15, -0.1) is 35.5 Å². The maximum absolute atomic E-state index is 11.7. The molecule has 0 saturated heterocycles. The minimum Gasteiger partial charge on any atom is -0.320 e. The molecule has 0 atom stereocenters. The highest BCUT2D eigenvalue weighted by Crippen LogP contribution is 2.26. The molecule has 0 unspecified atom stereocenters. The molecule has 0 spiro atoms. The van der Waals surface area contributed by atoms with E-state index < -0.39 is 0 Å². The van der Waals surface area contributed by atoms with Crippen molar-refractivity contribution < 1.29 is 4.79 Å². The minimum absolute atomic E-state index is 0. The lowest BCUT2D eigenvalue weighted by Gasteiger charge is -2.01. The van der Waals surface area contributed by atoms with Crippen molar-refractivity contribution in [2.24, 2.45) is 0 Å². The summed E-state index contributed by atoms with van der Waals surface area (Å²) in [5.41, 5.74) is 1.97. The summed E-state index contributed by atoms with van der Waals surface area (Å²) in [6, 6.07) is 8.27. The van der Waals surface area contributed by atoms with E-state index in [2.05, 4.69) is 46.1 Å². The summed E-state index contributed by atoms with van der Waals surface area (Å²) in [5, 5.41) is 8.51. The Labute approximate surface area is 145 Å². The number of rotatable bonds is 7. The largest absolute Gasteiger partial charge is 0.320 e. The molecule has 2 N–H and O–H groups in total. The van der Waals surface area contributed by atoms with E-state index in [4.69, 9.17) is 0 Å². The van der Waals surface area contributed by atoms with E-state index >= 15 is 0 Å². The normalized spacial score (nSPS) is 10.1. The van der Waals surface area contributed by atoms with Gasteiger partial charge in [0.25, 0.3) is 0 Å². The number of hydrogen-bond acceptors (Lipinski definition) is 5. The van der Waals surface area contributed by atoms with Gasteiger partial charge in [0.05, 0.1) is 5.69 Å². The molecule has 22 heavy (non-hydrogen) atoms. The topological polar surface area (TPSA) is 54.0 Å². The van der Waals surface area contributed by atoms with Gasteiger partial charge in [-0.2, -0.15) is 0 Å². The quantitative estimate of drug-likeness (QED) is 0.583. The molecule has 1 aromatic heterocycles. The number of carbonyl (C=O) groups excluding carboxylic acids is 1. The zero-order chi connectivity index (χ0) is 15.1. The predicted octanol–water partition coefficient (Wildman–Crippen LogP) is 3.89. The van der Waals surface area contributed by atoms with Crippen molar-refractivity contribution in [2.75, 3.05) is 25.2 Å². The number of carbonyl (C=O) groups is 1. The average Bonchev–Trinajstić information content (AvgIpc) is 2.96. The first kappa shape index (κ1) is 19.0. The summed E-state index contributed by atoms with van der Waals surface area (Å²) < 4.78 is 0. The van der Waals surface area contributed by atoms with Crippen LogP contribution in [0.15, 0.2) is 34.5 Å². The van der Waals surface area contributed by atoms with Gasteiger partial charge >= 0.3 is 0 Å². The Balaban J connectivity index is 0.00000242. The van der Waals surface area contributed by atoms with Gasteiger partial charge < -0.3 is 10.6 Å². The van der Waals surface area contributed by atoms with Gasteiger partial charge in [0, 0.05) is 22.3 Å². The van der Waals surface area contributed by atoms with E-state index in [1.54, 1.807) is 11.8 Å². The van der Waals surface area contributed by atoms with Gasteiger partial charge in [0.2, 0.25) is 5.91 Å². The van der Waals surface area contributed by atoms with E-state index in [9.17, 15) is 4.79 Å². The minimum atomic E-state index is 0. The fraction of sp³-hybridized carbons (Fsp3) is 0.333. The van der Waals surface area contributed by atoms with Crippen LogP contribution in [-0.2, 0) is 4.79 Å². The van der Waals surface area contributed by atoms with E-state index in [1.165, 1.54) is 16.2 Å². The molecular weight excluding hydrogens is 338 g/mol. The Hall–Kier alpha value is -1.08. The van der Waals surface area contributed by atoms with Crippen LogP contribution < -0.4 is 10.6 Å². The smallest absolute Gasteiger partial charge is 0.226 e. The molecule has 1 aromatic carbocycles. The number of anilines is 1. The molecule has 0 aliphatic heterocycles. The van der Waals surface area contributed by atoms with Crippen molar-refractivity contribution in [1.29, 1.82) is 0 Å². The van der Waals surface area contributed by atoms with Gasteiger partial charge in [-0.3, -0.25) is 4.79 Å². The van der Waals surface area contributed by atoms with Gasteiger partial charge in [0.1, 0.15) is 0 Å². The van der Waals surface area contributed by atoms with Gasteiger partial charge in [0.15, 0.2) is 5.13 Å². The maximum atomic E-state index is 11.7. The number of amides is 1. The summed E-state index contributed by atoms with van der Waals surface area (Å²) in [4.78, 5) is 17.4. The zero-order valence-electron chi connectivity index (χ0n) is 12.6. The molecule has 1 amide bonds. The molecule has 2 rings (SSSR count). The van der Waals surface area contributed by atoms with Crippen LogP contribution in [0.1, 0.15) is 12.8 Å². The van der Waals surface area contributed by atoms with Crippen LogP contribution in [0.3, 0.4) is 0 Å². The van der Waals surface area contributed by atoms with Crippen molar-refractivity contribution in [1.82, 2.24) is 10.3 Å². The van der Waals surface area contributed by atoms with Crippen molar-refractivity contribution >= 4 is 46.5 Å². The van der Waals surface area contributed by atoms with Crippen LogP contribution in [0.2, 0.25) is 0 Å². The molecule has 7 heteroatoms. The fourth-order valence-electron chi connectivity index (χ4n) is 1.83. The van der Waals surface area contributed by atoms with Crippen molar-refractivity contribution in [3.8, 4) is 11.3 Å². The monoisotopic (exact) mass is 357 g/mol. The van der Waals surface area contributed by atoms with E-state index in [0.29, 0.717) is 11.6 Å². The molecule has 120 valence electrons. The SMILES string of the molecule is CNCCCC(=O)Nc1nc(-c2ccc(SC)cc2)cs1.Cl. The molecule has 0 saturated carbocycles. The lowest BCUT2D eigenvalue weighted by molar-refractivity contribution is -0.116. The zero-order valence-corrected chi connectivity index (χ0v) is 15.0. The average molecular weight is 358 g/mol. The number of halogens is 1. The highest BCUT2D eigenvalue weighted by molar-refractivity contribution is 7.98. The molecule has 0 aliphatic rings. The highest BCUT2D eigenvalue weighted by atomic mass is 35.5. The van der Waals surface area contributed by atoms with Gasteiger partial charge in [-0.05, 0) is 38.4 Å². The lowest BCUT2D eigenvalue weighted by Crippen LogP contribution is -2.15. The number of thioether (sulfide) groups is 1. The van der Waals surface area contributed by atoms with Crippen LogP contribution in [0.25, 0.3) is 11.3 Å². The first-order valence-electron chi connectivity index (χ1n) is 6.77. The Morgan fingerprint density at radius 2 is 2.05 bits per heavy atom. The Kier molecular flexibility index (Phi) is 8.48. The molecule has 0 aliphatic carbocycles. The first-order valence-corrected chi connectivity index (χ1v) is 8.88. The van der Waals surface area contributed by atoms with Crippen LogP contribution in [-0.4, -0.2) is 30.7 Å². The highest BCUT2D eigenvalue weighted by Gasteiger charge is 2.08. The van der Waals surface area contributed by atoms with Crippen LogP contribution in [0, 0.1) is 0 Å². The second-order valence-corrected chi connectivity index (χ2v) is 6.26. The Bertz CT molecular complexity index is 587. The molecule has 0 radical (unpaired) electrons. The molecule has 0 fully saturated rings. The Morgan fingerprint density at radius 3 is 2.68 bits per heavy atom. The third-order valence-corrected chi connectivity index (χ3v) is 4.47. The second-order valence-electron chi connectivity index (χ2n) is 4.52. The molecule has 2 aromatic rings. The number of aromatic nitrogens is 1. The number of benzene rings is 1. The summed E-state index contributed by atoms with van der Waals surface area (Å²) in [6.45, 7) is 0.846. The number of hydrogen-bond donors (Lipinski definition) is 2. The third-order valence-electron chi connectivity index (χ3n) is 2.97. The summed E-state index contributed by atoms with van der Waals surface area (Å²) >= 11 is 3.17. The van der Waals surface area contributed by atoms with Crippen molar-refractivity contribution in [3.05, 3.63) is 29.6 Å². The maximum Gasteiger partial charge on any atom is 0.226 e. The summed E-state index contributed by atoms with van der Waals surface area (Å²) in [7, 11) is 1.88. The van der Waals surface area contributed by atoms with E-state index in [0.717, 1.165) is 24.2 Å². The Morgan fingerprint density at radius 1 is 1.32 bits per heavy atom. The number of nitrogens with zero attached hydrogens (tertiary/aromatic N) is 1. The van der Waals surface area contributed by atoms with Crippen molar-refractivity contribution in [3.63, 3.8) is 0 Å². The summed E-state index contributed by atoms with van der Waals surface area (Å²) in [5.74, 6) is 0.0175. The van der Waals surface area contributed by atoms with Gasteiger partial charge in [-0.1, -0.05) is 12.1 Å². The van der Waals surface area contributed by atoms with E-state index in [-0.39, 0.29) is 18.3 Å². The lowest BCUT2D eigenvalue weighted by atomic mass is 10.2.